The van der Waals surface area contributed by atoms with Gasteiger partial charge in [-0.2, -0.15) is 0 Å². The van der Waals surface area contributed by atoms with Crippen LogP contribution in [-0.2, 0) is 5.75 Å². The molecule has 0 aliphatic heterocycles. The first kappa shape index (κ1) is 23.3. The first-order valence-corrected chi connectivity index (χ1v) is 9.34. The number of imidazole rings is 1. The third-order valence-corrected chi connectivity index (χ3v) is 4.92. The molecule has 27 heavy (non-hydrogen) atoms. The molecule has 3 rings (SSSR count). The van der Waals surface area contributed by atoms with E-state index in [0.29, 0.717) is 6.54 Å². The number of fused-ring (bicyclic) bond motifs is 1. The molecule has 0 fully saturated rings. The molecule has 8 heteroatoms. The minimum absolute atomic E-state index is 0. The standard InChI is InChI=1S/C19H22N4OS.2ClH/c1-20-10-6-11-21-19(24)16-7-2-3-8-17(16)25-14-15-13-23-12-5-4-9-18(23)22-15;;/h2-5,7-9,12-13,20H,6,10-11,14H2,1H3,(H,21,24);2*1H. The van der Waals surface area contributed by atoms with E-state index in [1.54, 1.807) is 11.8 Å². The third-order valence-electron chi connectivity index (χ3n) is 3.81. The van der Waals surface area contributed by atoms with Crippen LogP contribution in [0.25, 0.3) is 5.65 Å². The summed E-state index contributed by atoms with van der Waals surface area (Å²) in [4.78, 5) is 18.0. The number of pyridine rings is 1. The van der Waals surface area contributed by atoms with Gasteiger partial charge in [0.1, 0.15) is 5.65 Å². The van der Waals surface area contributed by atoms with Crippen molar-refractivity contribution in [3.63, 3.8) is 0 Å². The molecule has 1 amide bonds. The molecule has 0 saturated heterocycles. The summed E-state index contributed by atoms with van der Waals surface area (Å²) in [6, 6.07) is 13.7. The van der Waals surface area contributed by atoms with Crippen LogP contribution in [0.15, 0.2) is 59.8 Å². The molecule has 5 nitrogen and oxygen atoms in total. The number of halogens is 2. The Morgan fingerprint density at radius 3 is 2.67 bits per heavy atom. The van der Waals surface area contributed by atoms with Crippen molar-refractivity contribution in [2.45, 2.75) is 17.1 Å². The summed E-state index contributed by atoms with van der Waals surface area (Å²) in [5, 5.41) is 6.06. The number of benzene rings is 1. The molecular formula is C19H24Cl2N4OS. The largest absolute Gasteiger partial charge is 0.352 e. The van der Waals surface area contributed by atoms with E-state index in [2.05, 4.69) is 15.6 Å². The van der Waals surface area contributed by atoms with Gasteiger partial charge in [-0.25, -0.2) is 4.98 Å². The van der Waals surface area contributed by atoms with Gasteiger partial charge in [-0.1, -0.05) is 18.2 Å². The zero-order valence-corrected chi connectivity index (χ0v) is 17.5. The summed E-state index contributed by atoms with van der Waals surface area (Å²) in [7, 11) is 1.91. The van der Waals surface area contributed by atoms with Gasteiger partial charge in [0.15, 0.2) is 0 Å². The smallest absolute Gasteiger partial charge is 0.252 e. The predicted molar refractivity (Wildman–Crippen MR) is 117 cm³/mol. The second-order valence-corrected chi connectivity index (χ2v) is 6.71. The van der Waals surface area contributed by atoms with Gasteiger partial charge in [0.2, 0.25) is 0 Å². The van der Waals surface area contributed by atoms with Crippen LogP contribution in [-0.4, -0.2) is 35.4 Å². The maximum Gasteiger partial charge on any atom is 0.252 e. The average molecular weight is 427 g/mol. The van der Waals surface area contributed by atoms with Crippen molar-refractivity contribution in [3.05, 3.63) is 66.1 Å². The number of rotatable bonds is 8. The molecule has 0 aliphatic rings. The Kier molecular flexibility index (Phi) is 10.3. The molecular weight excluding hydrogens is 403 g/mol. The van der Waals surface area contributed by atoms with Crippen LogP contribution in [0.5, 0.6) is 0 Å². The van der Waals surface area contributed by atoms with E-state index in [1.165, 1.54) is 0 Å². The van der Waals surface area contributed by atoms with Crippen molar-refractivity contribution in [1.82, 2.24) is 20.0 Å². The maximum absolute atomic E-state index is 12.4. The first-order chi connectivity index (χ1) is 12.3. The lowest BCUT2D eigenvalue weighted by molar-refractivity contribution is 0.0950. The molecule has 0 saturated carbocycles. The molecule has 1 aromatic carbocycles. The van der Waals surface area contributed by atoms with E-state index in [0.717, 1.165) is 40.5 Å². The summed E-state index contributed by atoms with van der Waals surface area (Å²) < 4.78 is 2.01. The Bertz CT molecular complexity index is 823. The summed E-state index contributed by atoms with van der Waals surface area (Å²) in [5.41, 5.74) is 2.66. The number of nitrogens with one attached hydrogen (secondary N) is 2. The lowest BCUT2D eigenvalue weighted by atomic mass is 10.2. The number of carbonyl (C=O) groups is 1. The summed E-state index contributed by atoms with van der Waals surface area (Å²) in [5.74, 6) is 0.709. The number of amides is 1. The quantitative estimate of drug-likeness (QED) is 0.424. The fraction of sp³-hybridized carbons (Fsp3) is 0.263. The second kappa shape index (κ2) is 11.9. The summed E-state index contributed by atoms with van der Waals surface area (Å²) in [6.45, 7) is 1.57. The molecule has 3 aromatic rings. The van der Waals surface area contributed by atoms with Crippen LogP contribution in [0.3, 0.4) is 0 Å². The van der Waals surface area contributed by atoms with Crippen LogP contribution in [0, 0.1) is 0 Å². The Morgan fingerprint density at radius 1 is 1.11 bits per heavy atom. The Balaban J connectivity index is 0.00000182. The number of hydrogen-bond acceptors (Lipinski definition) is 4. The van der Waals surface area contributed by atoms with Crippen molar-refractivity contribution in [3.8, 4) is 0 Å². The van der Waals surface area contributed by atoms with Crippen LogP contribution in [0.4, 0.5) is 0 Å². The van der Waals surface area contributed by atoms with E-state index in [4.69, 9.17) is 0 Å². The van der Waals surface area contributed by atoms with Gasteiger partial charge in [-0.05, 0) is 44.3 Å². The highest BCUT2D eigenvalue weighted by Gasteiger charge is 2.11. The number of aromatic nitrogens is 2. The molecule has 0 unspecified atom stereocenters. The van der Waals surface area contributed by atoms with Crippen molar-refractivity contribution in [2.75, 3.05) is 20.1 Å². The average Bonchev–Trinajstić information content (AvgIpc) is 3.06. The SMILES string of the molecule is CNCCCNC(=O)c1ccccc1SCc1cn2ccccc2n1.Cl.Cl. The highest BCUT2D eigenvalue weighted by Crippen LogP contribution is 2.26. The molecule has 2 heterocycles. The fourth-order valence-corrected chi connectivity index (χ4v) is 3.48. The molecule has 0 aliphatic carbocycles. The highest BCUT2D eigenvalue weighted by atomic mass is 35.5. The van der Waals surface area contributed by atoms with Crippen molar-refractivity contribution in [2.24, 2.45) is 0 Å². The van der Waals surface area contributed by atoms with E-state index >= 15 is 0 Å². The van der Waals surface area contributed by atoms with Crippen LogP contribution in [0.2, 0.25) is 0 Å². The van der Waals surface area contributed by atoms with E-state index in [-0.39, 0.29) is 30.7 Å². The van der Waals surface area contributed by atoms with Crippen LogP contribution in [0.1, 0.15) is 22.5 Å². The van der Waals surface area contributed by atoms with Gasteiger partial charge in [-0.15, -0.1) is 36.6 Å². The van der Waals surface area contributed by atoms with Crippen molar-refractivity contribution in [1.29, 1.82) is 0 Å². The topological polar surface area (TPSA) is 58.4 Å². The van der Waals surface area contributed by atoms with E-state index in [1.807, 2.05) is 66.3 Å². The van der Waals surface area contributed by atoms with Crippen LogP contribution < -0.4 is 10.6 Å². The third kappa shape index (κ3) is 6.43. The summed E-state index contributed by atoms with van der Waals surface area (Å²) >= 11 is 1.64. The zero-order valence-electron chi connectivity index (χ0n) is 15.1. The highest BCUT2D eigenvalue weighted by molar-refractivity contribution is 7.98. The molecule has 0 radical (unpaired) electrons. The molecule has 0 bridgehead atoms. The lowest BCUT2D eigenvalue weighted by Gasteiger charge is -2.09. The summed E-state index contributed by atoms with van der Waals surface area (Å²) in [6.07, 6.45) is 4.94. The molecule has 0 spiro atoms. The van der Waals surface area contributed by atoms with Crippen LogP contribution >= 0.6 is 36.6 Å². The minimum atomic E-state index is -0.0193. The van der Waals surface area contributed by atoms with Crippen molar-refractivity contribution < 1.29 is 4.79 Å². The maximum atomic E-state index is 12.4. The fourth-order valence-electron chi connectivity index (χ4n) is 2.55. The second-order valence-electron chi connectivity index (χ2n) is 5.70. The van der Waals surface area contributed by atoms with Gasteiger partial charge < -0.3 is 15.0 Å². The number of hydrogen-bond donors (Lipinski definition) is 2. The Hall–Kier alpha value is -1.73. The van der Waals surface area contributed by atoms with Gasteiger partial charge in [-0.3, -0.25) is 4.79 Å². The van der Waals surface area contributed by atoms with Gasteiger partial charge >= 0.3 is 0 Å². The van der Waals surface area contributed by atoms with E-state index < -0.39 is 0 Å². The number of nitrogens with zero attached hydrogens (tertiary/aromatic N) is 2. The molecule has 146 valence electrons. The van der Waals surface area contributed by atoms with Gasteiger partial charge in [0.25, 0.3) is 5.91 Å². The predicted octanol–water partition coefficient (Wildman–Crippen LogP) is 3.81. The molecule has 2 N–H and O–H groups in total. The monoisotopic (exact) mass is 426 g/mol. The Morgan fingerprint density at radius 2 is 1.89 bits per heavy atom. The molecule has 0 atom stereocenters. The Labute approximate surface area is 176 Å². The van der Waals surface area contributed by atoms with Gasteiger partial charge in [0, 0.05) is 29.6 Å². The zero-order chi connectivity index (χ0) is 17.5. The molecule has 2 aromatic heterocycles. The van der Waals surface area contributed by atoms with Crippen molar-refractivity contribution >= 4 is 48.1 Å². The number of thioether (sulfide) groups is 1. The van der Waals surface area contributed by atoms with E-state index in [9.17, 15) is 4.79 Å². The normalized spacial score (nSPS) is 10.1. The lowest BCUT2D eigenvalue weighted by Crippen LogP contribution is -2.27. The minimum Gasteiger partial charge on any atom is -0.352 e. The number of carbonyl (C=O) groups excluding carboxylic acids is 1. The first-order valence-electron chi connectivity index (χ1n) is 8.35. The van der Waals surface area contributed by atoms with Gasteiger partial charge in [0.05, 0.1) is 11.3 Å².